The van der Waals surface area contributed by atoms with Crippen LogP contribution in [-0.4, -0.2) is 62.3 Å². The molecule has 1 aliphatic rings. The highest BCUT2D eigenvalue weighted by molar-refractivity contribution is 7.71. The Balaban J connectivity index is 1.48. The molecule has 4 rings (SSSR count). The molecule has 1 aliphatic heterocycles. The number of nitrogens with zero attached hydrogens (tertiary/aromatic N) is 5. The average molecular weight is 483 g/mol. The number of alkyl halides is 3. The van der Waals surface area contributed by atoms with Gasteiger partial charge in [-0.3, -0.25) is 10.00 Å². The maximum absolute atomic E-state index is 13.3. The minimum atomic E-state index is -4.59. The molecule has 178 valence electrons. The van der Waals surface area contributed by atoms with Gasteiger partial charge in [-0.05, 0) is 37.7 Å². The number of ether oxygens (including phenoxy) is 2. The predicted octanol–water partition coefficient (Wildman–Crippen LogP) is 3.75. The van der Waals surface area contributed by atoms with Crippen molar-refractivity contribution < 1.29 is 22.6 Å². The largest absolute Gasteiger partial charge is 0.469 e. The summed E-state index contributed by atoms with van der Waals surface area (Å²) < 4.78 is 54.4. The molecule has 0 unspecified atom stereocenters. The molecule has 1 aromatic carbocycles. The Bertz CT molecular complexity index is 1120. The number of aryl methyl sites for hydroxylation is 1. The van der Waals surface area contributed by atoms with Crippen LogP contribution in [0.15, 0.2) is 30.3 Å². The van der Waals surface area contributed by atoms with Crippen LogP contribution >= 0.6 is 12.2 Å². The SMILES string of the molecule is Cc1ccc(-n2nc(C(F)(F)F)cc2OCc2n[nH]c(=S)n2CCCN2CCOCC2)cc1. The molecule has 0 saturated carbocycles. The Hall–Kier alpha value is -2.70. The van der Waals surface area contributed by atoms with Crippen molar-refractivity contribution >= 4 is 12.2 Å². The topological polar surface area (TPSA) is 73.1 Å². The van der Waals surface area contributed by atoms with Gasteiger partial charge >= 0.3 is 6.18 Å². The third-order valence-electron chi connectivity index (χ3n) is 5.39. The first-order valence-corrected chi connectivity index (χ1v) is 11.0. The zero-order valence-corrected chi connectivity index (χ0v) is 19.0. The Labute approximate surface area is 193 Å². The van der Waals surface area contributed by atoms with E-state index in [9.17, 15) is 13.2 Å². The number of halogens is 3. The highest BCUT2D eigenvalue weighted by Gasteiger charge is 2.35. The molecule has 3 aromatic rings. The van der Waals surface area contributed by atoms with Crippen molar-refractivity contribution in [3.63, 3.8) is 0 Å². The van der Waals surface area contributed by atoms with Gasteiger partial charge < -0.3 is 14.0 Å². The summed E-state index contributed by atoms with van der Waals surface area (Å²) in [6.45, 7) is 6.63. The Kier molecular flexibility index (Phi) is 7.15. The van der Waals surface area contributed by atoms with Crippen LogP contribution in [0.25, 0.3) is 5.69 Å². The van der Waals surface area contributed by atoms with Crippen LogP contribution < -0.4 is 4.74 Å². The lowest BCUT2D eigenvalue weighted by Crippen LogP contribution is -2.37. The van der Waals surface area contributed by atoms with E-state index in [1.54, 1.807) is 24.3 Å². The third kappa shape index (κ3) is 5.81. The summed E-state index contributed by atoms with van der Waals surface area (Å²) in [6, 6.07) is 7.87. The van der Waals surface area contributed by atoms with Gasteiger partial charge in [-0.25, -0.2) is 4.68 Å². The molecule has 1 fully saturated rings. The van der Waals surface area contributed by atoms with E-state index in [0.717, 1.165) is 55.6 Å². The molecule has 33 heavy (non-hydrogen) atoms. The standard InChI is InChI=1S/C21H25F3N6O2S/c1-15-3-5-16(6-4-15)30-19(13-17(27-30)21(22,23)24)32-14-18-25-26-20(33)29(18)8-2-7-28-9-11-31-12-10-28/h3-6,13H,2,7-12,14H2,1H3,(H,26,33). The van der Waals surface area contributed by atoms with E-state index in [2.05, 4.69) is 20.2 Å². The van der Waals surface area contributed by atoms with E-state index in [0.29, 0.717) is 22.8 Å². The van der Waals surface area contributed by atoms with Crippen LogP contribution in [0.4, 0.5) is 13.2 Å². The summed E-state index contributed by atoms with van der Waals surface area (Å²) in [5.74, 6) is 0.479. The molecule has 8 nitrogen and oxygen atoms in total. The number of hydrogen-bond acceptors (Lipinski definition) is 6. The second kappa shape index (κ2) is 10.1. The van der Waals surface area contributed by atoms with Crippen LogP contribution in [0.5, 0.6) is 5.88 Å². The van der Waals surface area contributed by atoms with Gasteiger partial charge in [-0.2, -0.15) is 23.4 Å². The van der Waals surface area contributed by atoms with Crippen molar-refractivity contribution in [2.75, 3.05) is 32.8 Å². The fourth-order valence-electron chi connectivity index (χ4n) is 3.58. The van der Waals surface area contributed by atoms with Crippen molar-refractivity contribution in [3.8, 4) is 11.6 Å². The third-order valence-corrected chi connectivity index (χ3v) is 5.70. The molecule has 3 heterocycles. The Morgan fingerprint density at radius 3 is 2.58 bits per heavy atom. The highest BCUT2D eigenvalue weighted by atomic mass is 32.1. The van der Waals surface area contributed by atoms with Crippen molar-refractivity contribution in [1.29, 1.82) is 0 Å². The second-order valence-corrected chi connectivity index (χ2v) is 8.19. The summed E-state index contributed by atoms with van der Waals surface area (Å²) in [4.78, 5) is 2.32. The summed E-state index contributed by atoms with van der Waals surface area (Å²) in [5, 5.41) is 10.7. The minimum Gasteiger partial charge on any atom is -0.469 e. The molecule has 0 bridgehead atoms. The normalized spacial score (nSPS) is 15.2. The molecule has 1 saturated heterocycles. The number of morpholine rings is 1. The molecular formula is C21H25F3N6O2S. The summed E-state index contributed by atoms with van der Waals surface area (Å²) >= 11 is 5.33. The molecule has 0 amide bonds. The molecule has 0 atom stereocenters. The molecule has 12 heteroatoms. The fraction of sp³-hybridized carbons (Fsp3) is 0.476. The molecule has 2 aromatic heterocycles. The van der Waals surface area contributed by atoms with Gasteiger partial charge in [0.1, 0.15) is 6.61 Å². The maximum Gasteiger partial charge on any atom is 0.435 e. The summed E-state index contributed by atoms with van der Waals surface area (Å²) in [7, 11) is 0. The van der Waals surface area contributed by atoms with Crippen molar-refractivity contribution in [3.05, 3.63) is 52.2 Å². The van der Waals surface area contributed by atoms with Crippen molar-refractivity contribution in [1.82, 2.24) is 29.4 Å². The fourth-order valence-corrected chi connectivity index (χ4v) is 3.83. The van der Waals surface area contributed by atoms with Crippen molar-refractivity contribution in [2.45, 2.75) is 32.7 Å². The van der Waals surface area contributed by atoms with Gasteiger partial charge in [0.25, 0.3) is 0 Å². The van der Waals surface area contributed by atoms with Crippen LogP contribution in [0.1, 0.15) is 23.5 Å². The van der Waals surface area contributed by atoms with Gasteiger partial charge in [0.2, 0.25) is 5.88 Å². The van der Waals surface area contributed by atoms with Gasteiger partial charge in [0, 0.05) is 32.2 Å². The lowest BCUT2D eigenvalue weighted by atomic mass is 10.2. The van der Waals surface area contributed by atoms with E-state index in [1.165, 1.54) is 0 Å². The molecule has 0 aliphatic carbocycles. The maximum atomic E-state index is 13.3. The van der Waals surface area contributed by atoms with Crippen LogP contribution in [-0.2, 0) is 24.1 Å². The smallest absolute Gasteiger partial charge is 0.435 e. The number of nitrogens with one attached hydrogen (secondary N) is 1. The average Bonchev–Trinajstić information content (AvgIpc) is 3.38. The first kappa shape index (κ1) is 23.5. The molecule has 1 N–H and O–H groups in total. The van der Waals surface area contributed by atoms with E-state index in [1.807, 2.05) is 11.5 Å². The van der Waals surface area contributed by atoms with Crippen LogP contribution in [0.3, 0.4) is 0 Å². The van der Waals surface area contributed by atoms with Crippen LogP contribution in [0, 0.1) is 11.7 Å². The van der Waals surface area contributed by atoms with E-state index in [4.69, 9.17) is 21.7 Å². The number of rotatable bonds is 8. The zero-order chi connectivity index (χ0) is 23.4. The van der Waals surface area contributed by atoms with E-state index >= 15 is 0 Å². The monoisotopic (exact) mass is 482 g/mol. The van der Waals surface area contributed by atoms with Gasteiger partial charge in [-0.15, -0.1) is 0 Å². The summed E-state index contributed by atoms with van der Waals surface area (Å²) in [5.41, 5.74) is 0.426. The van der Waals surface area contributed by atoms with Crippen molar-refractivity contribution in [2.24, 2.45) is 0 Å². The van der Waals surface area contributed by atoms with E-state index < -0.39 is 11.9 Å². The Morgan fingerprint density at radius 1 is 1.15 bits per heavy atom. The number of hydrogen-bond donors (Lipinski definition) is 1. The number of aromatic nitrogens is 5. The van der Waals surface area contributed by atoms with E-state index in [-0.39, 0.29) is 12.5 Å². The number of H-pyrrole nitrogens is 1. The number of benzene rings is 1. The zero-order valence-electron chi connectivity index (χ0n) is 18.1. The summed E-state index contributed by atoms with van der Waals surface area (Å²) in [6.07, 6.45) is -3.74. The number of aromatic amines is 1. The lowest BCUT2D eigenvalue weighted by Gasteiger charge is -2.26. The Morgan fingerprint density at radius 2 is 1.88 bits per heavy atom. The quantitative estimate of drug-likeness (QED) is 0.493. The lowest BCUT2D eigenvalue weighted by molar-refractivity contribution is -0.141. The first-order chi connectivity index (χ1) is 15.8. The predicted molar refractivity (Wildman–Crippen MR) is 117 cm³/mol. The second-order valence-electron chi connectivity index (χ2n) is 7.81. The van der Waals surface area contributed by atoms with Gasteiger partial charge in [0.05, 0.1) is 18.9 Å². The first-order valence-electron chi connectivity index (χ1n) is 10.6. The molecule has 0 spiro atoms. The van der Waals surface area contributed by atoms with Gasteiger partial charge in [-0.1, -0.05) is 17.7 Å². The van der Waals surface area contributed by atoms with Crippen LogP contribution in [0.2, 0.25) is 0 Å². The molecular weight excluding hydrogens is 457 g/mol. The highest BCUT2D eigenvalue weighted by Crippen LogP contribution is 2.32. The minimum absolute atomic E-state index is 0.0278. The van der Waals surface area contributed by atoms with Gasteiger partial charge in [0.15, 0.2) is 16.3 Å². The molecule has 0 radical (unpaired) electrons.